The van der Waals surface area contributed by atoms with Crippen LogP contribution in [0, 0.1) is 5.92 Å². The summed E-state index contributed by atoms with van der Waals surface area (Å²) >= 11 is 5.09. The Hall–Kier alpha value is -2.02. The van der Waals surface area contributed by atoms with Crippen LogP contribution in [0.25, 0.3) is 0 Å². The van der Waals surface area contributed by atoms with E-state index in [9.17, 15) is 4.79 Å². The van der Waals surface area contributed by atoms with Gasteiger partial charge in [-0.2, -0.15) is 0 Å². The van der Waals surface area contributed by atoms with Crippen molar-refractivity contribution in [3.63, 3.8) is 0 Å². The normalized spacial score (nSPS) is 12.8. The molecular weight excluding hydrogens is 278 g/mol. The van der Waals surface area contributed by atoms with Gasteiger partial charge < -0.3 is 14.8 Å². The maximum Gasteiger partial charge on any atom is 0.240 e. The molecule has 7 heteroatoms. The van der Waals surface area contributed by atoms with Gasteiger partial charge >= 0.3 is 0 Å². The van der Waals surface area contributed by atoms with E-state index in [-0.39, 0.29) is 11.8 Å². The van der Waals surface area contributed by atoms with Crippen molar-refractivity contribution in [3.8, 4) is 11.5 Å². The van der Waals surface area contributed by atoms with Gasteiger partial charge in [-0.15, -0.1) is 0 Å². The average Bonchev–Trinajstić information content (AvgIpc) is 2.44. The van der Waals surface area contributed by atoms with E-state index < -0.39 is 0 Å². The van der Waals surface area contributed by atoms with Gasteiger partial charge in [0.2, 0.25) is 5.91 Å². The lowest BCUT2D eigenvalue weighted by Crippen LogP contribution is -2.45. The van der Waals surface area contributed by atoms with E-state index in [1.54, 1.807) is 19.9 Å². The van der Waals surface area contributed by atoms with E-state index in [1.165, 1.54) is 0 Å². The largest absolute Gasteiger partial charge is 0.486 e. The SMILES string of the molecule is CC(C)C(=O)NNC(=S)Nc1ccc2c(c1)OCCO2. The van der Waals surface area contributed by atoms with Gasteiger partial charge in [0.25, 0.3) is 0 Å². The van der Waals surface area contributed by atoms with Crippen LogP contribution in [-0.4, -0.2) is 24.2 Å². The number of hydrazine groups is 1. The molecular formula is C13H17N3O3S. The second-order valence-corrected chi connectivity index (χ2v) is 4.99. The summed E-state index contributed by atoms with van der Waals surface area (Å²) in [5.41, 5.74) is 5.91. The summed E-state index contributed by atoms with van der Waals surface area (Å²) < 4.78 is 10.9. The summed E-state index contributed by atoms with van der Waals surface area (Å²) in [7, 11) is 0. The summed E-state index contributed by atoms with van der Waals surface area (Å²) in [5, 5.41) is 3.26. The lowest BCUT2D eigenvalue weighted by molar-refractivity contribution is -0.124. The Balaban J connectivity index is 1.89. The van der Waals surface area contributed by atoms with E-state index in [0.29, 0.717) is 29.8 Å². The molecule has 1 heterocycles. The first-order valence-corrected chi connectivity index (χ1v) is 6.73. The Morgan fingerprint density at radius 3 is 2.60 bits per heavy atom. The highest BCUT2D eigenvalue weighted by Crippen LogP contribution is 2.32. The molecule has 1 aliphatic heterocycles. The van der Waals surface area contributed by atoms with E-state index >= 15 is 0 Å². The van der Waals surface area contributed by atoms with Crippen molar-refractivity contribution in [1.82, 2.24) is 10.9 Å². The number of thiocarbonyl (C=S) groups is 1. The number of carbonyl (C=O) groups excluding carboxylic acids is 1. The summed E-state index contributed by atoms with van der Waals surface area (Å²) in [4.78, 5) is 11.4. The lowest BCUT2D eigenvalue weighted by Gasteiger charge is -2.19. The molecule has 3 N–H and O–H groups in total. The van der Waals surface area contributed by atoms with E-state index in [1.807, 2.05) is 12.1 Å². The van der Waals surface area contributed by atoms with Crippen molar-refractivity contribution >= 4 is 28.9 Å². The van der Waals surface area contributed by atoms with Crippen molar-refractivity contribution in [3.05, 3.63) is 18.2 Å². The molecule has 1 amide bonds. The molecule has 0 atom stereocenters. The van der Waals surface area contributed by atoms with Crippen LogP contribution in [0.15, 0.2) is 18.2 Å². The monoisotopic (exact) mass is 295 g/mol. The molecule has 0 saturated carbocycles. The number of amides is 1. The molecule has 1 aromatic carbocycles. The summed E-state index contributed by atoms with van der Waals surface area (Å²) in [5.74, 6) is 1.15. The van der Waals surface area contributed by atoms with Crippen LogP contribution >= 0.6 is 12.2 Å². The first-order chi connectivity index (χ1) is 9.56. The first kappa shape index (κ1) is 14.4. The molecule has 6 nitrogen and oxygen atoms in total. The summed E-state index contributed by atoms with van der Waals surface area (Å²) in [6, 6.07) is 5.44. The van der Waals surface area contributed by atoms with Crippen LogP contribution in [-0.2, 0) is 4.79 Å². The molecule has 108 valence electrons. The maximum atomic E-state index is 11.4. The molecule has 0 aromatic heterocycles. The van der Waals surface area contributed by atoms with Gasteiger partial charge in [0.05, 0.1) is 0 Å². The third-order valence-electron chi connectivity index (χ3n) is 2.62. The minimum atomic E-state index is -0.128. The van der Waals surface area contributed by atoms with Gasteiger partial charge in [0, 0.05) is 17.7 Å². The molecule has 0 spiro atoms. The topological polar surface area (TPSA) is 71.6 Å². The molecule has 20 heavy (non-hydrogen) atoms. The minimum Gasteiger partial charge on any atom is -0.486 e. The van der Waals surface area contributed by atoms with Gasteiger partial charge in [-0.25, -0.2) is 0 Å². The average molecular weight is 295 g/mol. The number of hydrogen-bond donors (Lipinski definition) is 3. The maximum absolute atomic E-state index is 11.4. The van der Waals surface area contributed by atoms with Crippen LogP contribution in [0.5, 0.6) is 11.5 Å². The quantitative estimate of drug-likeness (QED) is 0.566. The van der Waals surface area contributed by atoms with Crippen LogP contribution in [0.3, 0.4) is 0 Å². The zero-order chi connectivity index (χ0) is 14.5. The Bertz CT molecular complexity index is 520. The fourth-order valence-electron chi connectivity index (χ4n) is 1.55. The predicted molar refractivity (Wildman–Crippen MR) is 79.8 cm³/mol. The summed E-state index contributed by atoms with van der Waals surface area (Å²) in [6.45, 7) is 4.69. The number of rotatable bonds is 2. The van der Waals surface area contributed by atoms with Gasteiger partial charge in [-0.05, 0) is 24.4 Å². The molecule has 1 aromatic rings. The zero-order valence-electron chi connectivity index (χ0n) is 11.4. The van der Waals surface area contributed by atoms with E-state index in [4.69, 9.17) is 21.7 Å². The van der Waals surface area contributed by atoms with Crippen LogP contribution in [0.2, 0.25) is 0 Å². The van der Waals surface area contributed by atoms with Crippen LogP contribution in [0.4, 0.5) is 5.69 Å². The molecule has 1 aliphatic rings. The van der Waals surface area contributed by atoms with Gasteiger partial charge in [-0.3, -0.25) is 15.6 Å². The second-order valence-electron chi connectivity index (χ2n) is 4.58. The zero-order valence-corrected chi connectivity index (χ0v) is 12.2. The number of nitrogens with one attached hydrogen (secondary N) is 3. The van der Waals surface area contributed by atoms with Crippen molar-refractivity contribution in [2.45, 2.75) is 13.8 Å². The van der Waals surface area contributed by atoms with Gasteiger partial charge in [-0.1, -0.05) is 13.8 Å². The molecule has 0 bridgehead atoms. The third-order valence-corrected chi connectivity index (χ3v) is 2.83. The minimum absolute atomic E-state index is 0.111. The second kappa shape index (κ2) is 6.42. The predicted octanol–water partition coefficient (Wildman–Crippen LogP) is 1.43. The lowest BCUT2D eigenvalue weighted by atomic mass is 10.2. The number of anilines is 1. The number of fused-ring (bicyclic) bond motifs is 1. The molecule has 0 fully saturated rings. The molecule has 0 saturated heterocycles. The van der Waals surface area contributed by atoms with E-state index in [0.717, 1.165) is 5.69 Å². The van der Waals surface area contributed by atoms with Crippen molar-refractivity contribution in [2.24, 2.45) is 5.92 Å². The number of benzene rings is 1. The Morgan fingerprint density at radius 1 is 1.20 bits per heavy atom. The van der Waals surface area contributed by atoms with Crippen LogP contribution in [0.1, 0.15) is 13.8 Å². The van der Waals surface area contributed by atoms with Gasteiger partial charge in [0.15, 0.2) is 16.6 Å². The van der Waals surface area contributed by atoms with Gasteiger partial charge in [0.1, 0.15) is 13.2 Å². The fourth-order valence-corrected chi connectivity index (χ4v) is 1.72. The smallest absolute Gasteiger partial charge is 0.240 e. The number of ether oxygens (including phenoxy) is 2. The van der Waals surface area contributed by atoms with Crippen molar-refractivity contribution in [1.29, 1.82) is 0 Å². The highest BCUT2D eigenvalue weighted by atomic mass is 32.1. The van der Waals surface area contributed by atoms with E-state index in [2.05, 4.69) is 16.2 Å². The summed E-state index contributed by atoms with van der Waals surface area (Å²) in [6.07, 6.45) is 0. The number of hydrogen-bond acceptors (Lipinski definition) is 4. The Kier molecular flexibility index (Phi) is 4.62. The van der Waals surface area contributed by atoms with Crippen molar-refractivity contribution < 1.29 is 14.3 Å². The molecule has 0 unspecified atom stereocenters. The standard InChI is InChI=1S/C13H17N3O3S/c1-8(2)12(17)15-16-13(20)14-9-3-4-10-11(7-9)19-6-5-18-10/h3-4,7-8H,5-6H2,1-2H3,(H,15,17)(H2,14,16,20). The number of carbonyl (C=O) groups is 1. The van der Waals surface area contributed by atoms with Crippen LogP contribution < -0.4 is 25.6 Å². The Labute approximate surface area is 122 Å². The Morgan fingerprint density at radius 2 is 1.90 bits per heavy atom. The molecule has 0 radical (unpaired) electrons. The third kappa shape index (κ3) is 3.74. The fraction of sp³-hybridized carbons (Fsp3) is 0.385. The molecule has 0 aliphatic carbocycles. The van der Waals surface area contributed by atoms with Crippen molar-refractivity contribution in [2.75, 3.05) is 18.5 Å². The highest BCUT2D eigenvalue weighted by Gasteiger charge is 2.12. The first-order valence-electron chi connectivity index (χ1n) is 6.33. The molecule has 2 rings (SSSR count). The highest BCUT2D eigenvalue weighted by molar-refractivity contribution is 7.80.